The second-order valence-corrected chi connectivity index (χ2v) is 7.13. The summed E-state index contributed by atoms with van der Waals surface area (Å²) < 4.78 is 12.4. The Morgan fingerprint density at radius 1 is 1.15 bits per heavy atom. The Bertz CT molecular complexity index is 1070. The summed E-state index contributed by atoms with van der Waals surface area (Å²) >= 11 is 0. The average Bonchev–Trinajstić information content (AvgIpc) is 3.33. The van der Waals surface area contributed by atoms with Crippen LogP contribution in [0.25, 0.3) is 0 Å². The van der Waals surface area contributed by atoms with E-state index < -0.39 is 17.9 Å². The molecule has 0 spiro atoms. The Morgan fingerprint density at radius 2 is 1.76 bits per heavy atom. The molecule has 180 valence electrons. The van der Waals surface area contributed by atoms with Gasteiger partial charge in [-0.25, -0.2) is 9.59 Å². The van der Waals surface area contributed by atoms with Gasteiger partial charge in [0.2, 0.25) is 0 Å². The number of esters is 1. The molecular weight excluding hydrogens is 442 g/mol. The molecule has 2 heterocycles. The SMILES string of the molecule is Cc1ccccc1.O=C(OCC1CCC(n2ccc(NO)nc2=O)O1)c1ccccc1.O=CO. The molecule has 0 radical (unpaired) electrons. The van der Waals surface area contributed by atoms with Crippen molar-refractivity contribution >= 4 is 18.3 Å². The Labute approximate surface area is 196 Å². The van der Waals surface area contributed by atoms with Crippen molar-refractivity contribution in [2.24, 2.45) is 0 Å². The third-order valence-electron chi connectivity index (χ3n) is 4.69. The van der Waals surface area contributed by atoms with Crippen molar-refractivity contribution in [2.45, 2.75) is 32.1 Å². The fraction of sp³-hybridized carbons (Fsp3) is 0.250. The first-order valence-corrected chi connectivity index (χ1v) is 10.4. The Kier molecular flexibility index (Phi) is 11.0. The fourth-order valence-corrected chi connectivity index (χ4v) is 3.07. The summed E-state index contributed by atoms with van der Waals surface area (Å²) in [4.78, 5) is 35.8. The van der Waals surface area contributed by atoms with E-state index in [1.54, 1.807) is 24.3 Å². The number of nitrogens with zero attached hydrogens (tertiary/aromatic N) is 2. The summed E-state index contributed by atoms with van der Waals surface area (Å²) in [6.45, 7) is 1.96. The van der Waals surface area contributed by atoms with Crippen LogP contribution >= 0.6 is 0 Å². The Hall–Kier alpha value is -4.02. The van der Waals surface area contributed by atoms with Crippen LogP contribution < -0.4 is 11.2 Å². The van der Waals surface area contributed by atoms with Crippen molar-refractivity contribution in [1.82, 2.24) is 9.55 Å². The highest BCUT2D eigenvalue weighted by Crippen LogP contribution is 2.27. The van der Waals surface area contributed by atoms with Gasteiger partial charge >= 0.3 is 11.7 Å². The van der Waals surface area contributed by atoms with Crippen molar-refractivity contribution in [3.8, 4) is 0 Å². The fourth-order valence-electron chi connectivity index (χ4n) is 3.07. The van der Waals surface area contributed by atoms with E-state index >= 15 is 0 Å². The van der Waals surface area contributed by atoms with Crippen LogP contribution in [0.4, 0.5) is 5.82 Å². The molecule has 1 aliphatic heterocycles. The number of carboxylic acid groups (broad SMARTS) is 1. The third kappa shape index (κ3) is 8.49. The maximum Gasteiger partial charge on any atom is 0.351 e. The lowest BCUT2D eigenvalue weighted by Gasteiger charge is -2.16. The number of benzene rings is 2. The molecule has 0 bridgehead atoms. The summed E-state index contributed by atoms with van der Waals surface area (Å²) in [7, 11) is 0. The molecule has 2 atom stereocenters. The first-order chi connectivity index (χ1) is 16.5. The number of aromatic nitrogens is 2. The van der Waals surface area contributed by atoms with Crippen LogP contribution in [0.5, 0.6) is 0 Å². The van der Waals surface area contributed by atoms with Crippen LogP contribution in [0.15, 0.2) is 77.7 Å². The smallest absolute Gasteiger partial charge is 0.351 e. The maximum atomic E-state index is 11.9. The second-order valence-electron chi connectivity index (χ2n) is 7.13. The van der Waals surface area contributed by atoms with E-state index in [2.05, 4.69) is 24.0 Å². The number of hydrogen-bond acceptors (Lipinski definition) is 8. The van der Waals surface area contributed by atoms with Crippen LogP contribution in [0.2, 0.25) is 0 Å². The monoisotopic (exact) mass is 469 g/mol. The summed E-state index contributed by atoms with van der Waals surface area (Å²) in [5.74, 6) is -0.331. The van der Waals surface area contributed by atoms with Gasteiger partial charge in [-0.05, 0) is 38.0 Å². The predicted molar refractivity (Wildman–Crippen MR) is 124 cm³/mol. The molecule has 10 heteroatoms. The summed E-state index contributed by atoms with van der Waals surface area (Å²) in [5.41, 5.74) is 3.10. The van der Waals surface area contributed by atoms with E-state index in [1.165, 1.54) is 22.4 Å². The molecule has 0 amide bonds. The van der Waals surface area contributed by atoms with Crippen LogP contribution in [-0.4, -0.2) is 45.0 Å². The van der Waals surface area contributed by atoms with Crippen molar-refractivity contribution in [1.29, 1.82) is 0 Å². The molecule has 1 aromatic heterocycles. The van der Waals surface area contributed by atoms with E-state index in [1.807, 2.05) is 29.7 Å². The van der Waals surface area contributed by atoms with Gasteiger partial charge in [-0.15, -0.1) is 0 Å². The predicted octanol–water partition coefficient (Wildman–Crippen LogP) is 3.27. The highest BCUT2D eigenvalue weighted by molar-refractivity contribution is 5.89. The van der Waals surface area contributed by atoms with Gasteiger partial charge in [0.25, 0.3) is 6.47 Å². The zero-order valence-electron chi connectivity index (χ0n) is 18.6. The lowest BCUT2D eigenvalue weighted by molar-refractivity contribution is -0.122. The maximum absolute atomic E-state index is 11.9. The first-order valence-electron chi connectivity index (χ1n) is 10.4. The third-order valence-corrected chi connectivity index (χ3v) is 4.69. The lowest BCUT2D eigenvalue weighted by atomic mass is 10.2. The summed E-state index contributed by atoms with van der Waals surface area (Å²) in [5, 5.41) is 15.6. The highest BCUT2D eigenvalue weighted by atomic mass is 16.6. The highest BCUT2D eigenvalue weighted by Gasteiger charge is 2.28. The van der Waals surface area contributed by atoms with Crippen molar-refractivity contribution in [3.63, 3.8) is 0 Å². The number of ether oxygens (including phenoxy) is 2. The van der Waals surface area contributed by atoms with E-state index in [0.717, 1.165) is 0 Å². The van der Waals surface area contributed by atoms with E-state index in [4.69, 9.17) is 24.6 Å². The quantitative estimate of drug-likeness (QED) is 0.292. The van der Waals surface area contributed by atoms with Gasteiger partial charge in [-0.3, -0.25) is 20.0 Å². The Morgan fingerprint density at radius 3 is 2.29 bits per heavy atom. The number of nitrogens with one attached hydrogen (secondary N) is 1. The largest absolute Gasteiger partial charge is 0.483 e. The van der Waals surface area contributed by atoms with Crippen molar-refractivity contribution < 1.29 is 29.4 Å². The van der Waals surface area contributed by atoms with Crippen LogP contribution in [-0.2, 0) is 14.3 Å². The number of carbonyl (C=O) groups is 2. The molecule has 0 aliphatic carbocycles. The molecule has 10 nitrogen and oxygen atoms in total. The lowest BCUT2D eigenvalue weighted by Crippen LogP contribution is -2.28. The number of rotatable bonds is 5. The molecule has 2 aromatic carbocycles. The minimum absolute atomic E-state index is 0.0718. The van der Waals surface area contributed by atoms with Gasteiger partial charge in [-0.2, -0.15) is 4.98 Å². The normalized spacial score (nSPS) is 16.2. The number of carbonyl (C=O) groups excluding carboxylic acids is 1. The standard InChI is InChI=1S/C16H17N3O5.C7H8.CH2O2/c20-15(11-4-2-1-3-5-11)23-10-12-6-7-14(24-12)19-9-8-13(18-22)17-16(19)21;1-7-5-3-2-4-6-7;2-1-3/h1-5,8-9,12,14,22H,6-7,10H2,(H,17,18,21);2-6H,1H3;1H,(H,2,3). The van der Waals surface area contributed by atoms with Gasteiger partial charge in [-0.1, -0.05) is 54.1 Å². The van der Waals surface area contributed by atoms with Gasteiger partial charge in [0.15, 0.2) is 5.82 Å². The van der Waals surface area contributed by atoms with Gasteiger partial charge in [0.05, 0.1) is 11.7 Å². The van der Waals surface area contributed by atoms with Crippen LogP contribution in [0.1, 0.15) is 35.0 Å². The number of anilines is 1. The molecule has 4 rings (SSSR count). The van der Waals surface area contributed by atoms with E-state index in [0.29, 0.717) is 18.4 Å². The Balaban J connectivity index is 0.000000341. The zero-order valence-corrected chi connectivity index (χ0v) is 18.6. The molecule has 1 aliphatic rings. The van der Waals surface area contributed by atoms with E-state index in [9.17, 15) is 9.59 Å². The van der Waals surface area contributed by atoms with E-state index in [-0.39, 0.29) is 25.0 Å². The van der Waals surface area contributed by atoms with Crippen LogP contribution in [0.3, 0.4) is 0 Å². The second kappa shape index (κ2) is 14.2. The van der Waals surface area contributed by atoms with Crippen LogP contribution in [0, 0.1) is 6.92 Å². The molecule has 1 fully saturated rings. The summed E-state index contributed by atoms with van der Waals surface area (Å²) in [6.07, 6.45) is 2.04. The molecular formula is C24H27N3O7. The van der Waals surface area contributed by atoms with Gasteiger partial charge < -0.3 is 14.6 Å². The van der Waals surface area contributed by atoms with Crippen molar-refractivity contribution in [3.05, 3.63) is 94.5 Å². The molecule has 3 N–H and O–H groups in total. The zero-order chi connectivity index (χ0) is 24.8. The molecule has 34 heavy (non-hydrogen) atoms. The average molecular weight is 469 g/mol. The summed E-state index contributed by atoms with van der Waals surface area (Å²) in [6, 6.07) is 20.5. The first kappa shape index (κ1) is 26.2. The molecule has 2 unspecified atom stereocenters. The van der Waals surface area contributed by atoms with Gasteiger partial charge in [0, 0.05) is 6.20 Å². The number of hydrogen-bond donors (Lipinski definition) is 3. The van der Waals surface area contributed by atoms with Crippen molar-refractivity contribution in [2.75, 3.05) is 12.1 Å². The van der Waals surface area contributed by atoms with Gasteiger partial charge in [0.1, 0.15) is 12.8 Å². The minimum atomic E-state index is -0.527. The topological polar surface area (TPSA) is 140 Å². The molecule has 3 aromatic rings. The molecule has 1 saturated heterocycles. The minimum Gasteiger partial charge on any atom is -0.483 e. The number of aryl methyl sites for hydroxylation is 1. The molecule has 0 saturated carbocycles.